The van der Waals surface area contributed by atoms with E-state index in [0.29, 0.717) is 21.5 Å². The van der Waals surface area contributed by atoms with Crippen LogP contribution < -0.4 is 10.5 Å². The van der Waals surface area contributed by atoms with Gasteiger partial charge in [-0.05, 0) is 40.2 Å². The Morgan fingerprint density at radius 2 is 1.89 bits per heavy atom. The first kappa shape index (κ1) is 13.4. The van der Waals surface area contributed by atoms with Crippen LogP contribution in [0.15, 0.2) is 46.9 Å². The van der Waals surface area contributed by atoms with Gasteiger partial charge in [-0.25, -0.2) is 0 Å². The topological polar surface area (TPSA) is 78.4 Å². The second kappa shape index (κ2) is 5.71. The smallest absolute Gasteiger partial charge is 0.283 e. The van der Waals surface area contributed by atoms with Gasteiger partial charge in [-0.3, -0.25) is 10.1 Å². The number of halogens is 1. The molecule has 0 aliphatic heterocycles. The average molecular weight is 323 g/mol. The third-order valence-corrected chi connectivity index (χ3v) is 3.44. The van der Waals surface area contributed by atoms with Crippen molar-refractivity contribution in [2.45, 2.75) is 6.61 Å². The summed E-state index contributed by atoms with van der Waals surface area (Å²) in [4.78, 5) is 10.4. The van der Waals surface area contributed by atoms with Crippen molar-refractivity contribution in [2.24, 2.45) is 0 Å². The molecule has 0 radical (unpaired) electrons. The summed E-state index contributed by atoms with van der Waals surface area (Å²) >= 11 is 3.23. The highest BCUT2D eigenvalue weighted by Gasteiger charge is 2.14. The molecule has 2 N–H and O–H groups in total. The zero-order valence-electron chi connectivity index (χ0n) is 9.88. The first-order chi connectivity index (χ1) is 9.08. The minimum Gasteiger partial charge on any atom is -0.489 e. The predicted octanol–water partition coefficient (Wildman–Crippen LogP) is 3.52. The molecule has 0 heterocycles. The molecule has 0 spiro atoms. The number of hydrogen-bond acceptors (Lipinski definition) is 4. The van der Waals surface area contributed by atoms with Gasteiger partial charge < -0.3 is 10.5 Å². The van der Waals surface area contributed by atoms with E-state index in [1.54, 1.807) is 36.4 Å². The Bertz CT molecular complexity index is 599. The Balaban J connectivity index is 2.13. The van der Waals surface area contributed by atoms with Gasteiger partial charge in [-0.1, -0.05) is 12.1 Å². The Morgan fingerprint density at radius 3 is 2.53 bits per heavy atom. The van der Waals surface area contributed by atoms with Crippen molar-refractivity contribution in [3.8, 4) is 5.75 Å². The van der Waals surface area contributed by atoms with Gasteiger partial charge in [0, 0.05) is 17.3 Å². The lowest BCUT2D eigenvalue weighted by Gasteiger charge is -2.08. The highest BCUT2D eigenvalue weighted by Crippen LogP contribution is 2.29. The number of anilines is 1. The molecule has 0 unspecified atom stereocenters. The van der Waals surface area contributed by atoms with Crippen LogP contribution in [-0.2, 0) is 6.61 Å². The number of nitrogens with zero attached hydrogens (tertiary/aromatic N) is 1. The van der Waals surface area contributed by atoms with Crippen LogP contribution in [0.3, 0.4) is 0 Å². The van der Waals surface area contributed by atoms with E-state index in [2.05, 4.69) is 15.9 Å². The van der Waals surface area contributed by atoms with E-state index in [1.165, 1.54) is 6.07 Å². The predicted molar refractivity (Wildman–Crippen MR) is 76.0 cm³/mol. The highest BCUT2D eigenvalue weighted by atomic mass is 79.9. The van der Waals surface area contributed by atoms with Gasteiger partial charge in [0.1, 0.15) is 16.8 Å². The minimum atomic E-state index is -0.434. The number of nitro groups is 1. The fourth-order valence-corrected chi connectivity index (χ4v) is 2.07. The van der Waals surface area contributed by atoms with Gasteiger partial charge in [0.2, 0.25) is 0 Å². The Hall–Kier alpha value is -2.08. The molecular formula is C13H11BrN2O3. The molecule has 98 valence electrons. The molecule has 0 amide bonds. The van der Waals surface area contributed by atoms with Crippen LogP contribution in [0.1, 0.15) is 5.56 Å². The van der Waals surface area contributed by atoms with Crippen LogP contribution >= 0.6 is 15.9 Å². The maximum absolute atomic E-state index is 10.8. The molecule has 19 heavy (non-hydrogen) atoms. The van der Waals surface area contributed by atoms with Crippen LogP contribution in [-0.4, -0.2) is 4.92 Å². The summed E-state index contributed by atoms with van der Waals surface area (Å²) in [7, 11) is 0. The summed E-state index contributed by atoms with van der Waals surface area (Å²) in [5.74, 6) is 0.660. The Kier molecular flexibility index (Phi) is 4.01. The molecule has 2 aromatic carbocycles. The molecule has 2 rings (SSSR count). The second-order valence-electron chi connectivity index (χ2n) is 3.87. The quantitative estimate of drug-likeness (QED) is 0.530. The van der Waals surface area contributed by atoms with Crippen LogP contribution in [0.5, 0.6) is 5.75 Å². The zero-order chi connectivity index (χ0) is 13.8. The van der Waals surface area contributed by atoms with Gasteiger partial charge in [0.15, 0.2) is 0 Å². The molecule has 0 saturated heterocycles. The Morgan fingerprint density at radius 1 is 1.21 bits per heavy atom. The summed E-state index contributed by atoms with van der Waals surface area (Å²) in [6.07, 6.45) is 0. The van der Waals surface area contributed by atoms with Crippen molar-refractivity contribution in [3.05, 3.63) is 62.6 Å². The summed E-state index contributed by atoms with van der Waals surface area (Å²) < 4.78 is 5.99. The number of rotatable bonds is 4. The molecule has 5 nitrogen and oxygen atoms in total. The van der Waals surface area contributed by atoms with Gasteiger partial charge in [-0.2, -0.15) is 0 Å². The number of ether oxygens (including phenoxy) is 1. The maximum atomic E-state index is 10.8. The van der Waals surface area contributed by atoms with E-state index >= 15 is 0 Å². The van der Waals surface area contributed by atoms with Crippen molar-refractivity contribution >= 4 is 27.3 Å². The molecule has 0 saturated carbocycles. The second-order valence-corrected chi connectivity index (χ2v) is 4.66. The largest absolute Gasteiger partial charge is 0.489 e. The summed E-state index contributed by atoms with van der Waals surface area (Å²) in [6, 6.07) is 11.8. The number of hydrogen-bond donors (Lipinski definition) is 1. The first-order valence-electron chi connectivity index (χ1n) is 5.48. The van der Waals surface area contributed by atoms with Crippen molar-refractivity contribution in [1.29, 1.82) is 0 Å². The van der Waals surface area contributed by atoms with Crippen molar-refractivity contribution in [1.82, 2.24) is 0 Å². The standard InChI is InChI=1S/C13H11BrN2O3/c14-13-9(2-1-3-12(13)16(17)18)8-19-11-6-4-10(15)5-7-11/h1-7H,8,15H2. The van der Waals surface area contributed by atoms with Crippen LogP contribution in [0, 0.1) is 10.1 Å². The molecule has 0 atom stereocenters. The third kappa shape index (κ3) is 3.23. The molecule has 0 aliphatic carbocycles. The number of nitro benzene ring substituents is 1. The molecule has 0 aromatic heterocycles. The maximum Gasteiger partial charge on any atom is 0.283 e. The number of nitrogens with two attached hydrogens (primary N) is 1. The lowest BCUT2D eigenvalue weighted by atomic mass is 10.2. The van der Waals surface area contributed by atoms with Crippen LogP contribution in [0.4, 0.5) is 11.4 Å². The first-order valence-corrected chi connectivity index (χ1v) is 6.27. The van der Waals surface area contributed by atoms with Crippen molar-refractivity contribution < 1.29 is 9.66 Å². The SMILES string of the molecule is Nc1ccc(OCc2cccc([N+](=O)[O-])c2Br)cc1. The monoisotopic (exact) mass is 322 g/mol. The molecule has 2 aromatic rings. The van der Waals surface area contributed by atoms with E-state index in [-0.39, 0.29) is 12.3 Å². The average Bonchev–Trinajstić information content (AvgIpc) is 2.39. The lowest BCUT2D eigenvalue weighted by molar-refractivity contribution is -0.385. The van der Waals surface area contributed by atoms with Gasteiger partial charge in [-0.15, -0.1) is 0 Å². The minimum absolute atomic E-state index is 0.0263. The molecule has 0 bridgehead atoms. The van der Waals surface area contributed by atoms with Gasteiger partial charge >= 0.3 is 0 Å². The molecule has 0 aliphatic rings. The number of benzene rings is 2. The lowest BCUT2D eigenvalue weighted by Crippen LogP contribution is -1.99. The van der Waals surface area contributed by atoms with E-state index in [1.807, 2.05) is 0 Å². The zero-order valence-corrected chi connectivity index (χ0v) is 11.5. The number of nitrogen functional groups attached to an aromatic ring is 1. The van der Waals surface area contributed by atoms with Gasteiger partial charge in [0.25, 0.3) is 5.69 Å². The summed E-state index contributed by atoms with van der Waals surface area (Å²) in [5, 5.41) is 10.8. The van der Waals surface area contributed by atoms with Crippen LogP contribution in [0.25, 0.3) is 0 Å². The van der Waals surface area contributed by atoms with Crippen molar-refractivity contribution in [2.75, 3.05) is 5.73 Å². The van der Waals surface area contributed by atoms with Gasteiger partial charge in [0.05, 0.1) is 4.92 Å². The molecular weight excluding hydrogens is 312 g/mol. The fourth-order valence-electron chi connectivity index (χ4n) is 1.54. The molecule has 0 fully saturated rings. The highest BCUT2D eigenvalue weighted by molar-refractivity contribution is 9.10. The summed E-state index contributed by atoms with van der Waals surface area (Å²) in [5.41, 5.74) is 6.97. The van der Waals surface area contributed by atoms with Crippen LogP contribution in [0.2, 0.25) is 0 Å². The normalized spacial score (nSPS) is 10.2. The van der Waals surface area contributed by atoms with E-state index in [0.717, 1.165) is 0 Å². The van der Waals surface area contributed by atoms with E-state index in [9.17, 15) is 10.1 Å². The Labute approximate surface area is 118 Å². The van der Waals surface area contributed by atoms with Crippen molar-refractivity contribution in [3.63, 3.8) is 0 Å². The third-order valence-electron chi connectivity index (χ3n) is 2.53. The fraction of sp³-hybridized carbons (Fsp3) is 0.0769. The van der Waals surface area contributed by atoms with E-state index in [4.69, 9.17) is 10.5 Å². The van der Waals surface area contributed by atoms with E-state index < -0.39 is 4.92 Å². The summed E-state index contributed by atoms with van der Waals surface area (Å²) in [6.45, 7) is 0.242. The molecule has 6 heteroatoms.